The fraction of sp³-hybridized carbons (Fsp3) is 1.00. The Balaban J connectivity index is 1.55. The van der Waals surface area contributed by atoms with Crippen molar-refractivity contribution in [3.05, 3.63) is 0 Å². The molecule has 5 heteroatoms. The molecule has 0 radical (unpaired) electrons. The number of nitrogens with zero attached hydrogens (tertiary/aromatic N) is 2. The maximum Gasteiger partial charge on any atom is 0.0698 e. The second-order valence-electron chi connectivity index (χ2n) is 6.93. The first-order valence-electron chi connectivity index (χ1n) is 8.96. The predicted molar refractivity (Wildman–Crippen MR) is 88.1 cm³/mol. The smallest absolute Gasteiger partial charge is 0.0698 e. The summed E-state index contributed by atoms with van der Waals surface area (Å²) >= 11 is 0. The average Bonchev–Trinajstić information content (AvgIpc) is 2.50. The Morgan fingerprint density at radius 2 is 1.68 bits per heavy atom. The van der Waals surface area contributed by atoms with Gasteiger partial charge in [-0.3, -0.25) is 4.90 Å². The van der Waals surface area contributed by atoms with Gasteiger partial charge in [0.25, 0.3) is 0 Å². The first-order valence-corrected chi connectivity index (χ1v) is 8.96. The summed E-state index contributed by atoms with van der Waals surface area (Å²) < 4.78 is 11.2. The molecule has 2 aliphatic heterocycles. The van der Waals surface area contributed by atoms with Crippen molar-refractivity contribution in [1.82, 2.24) is 9.80 Å². The minimum Gasteiger partial charge on any atom is -0.394 e. The van der Waals surface area contributed by atoms with E-state index in [0.717, 1.165) is 32.2 Å². The Morgan fingerprint density at radius 1 is 1.00 bits per heavy atom. The highest BCUT2D eigenvalue weighted by Gasteiger charge is 2.24. The molecule has 0 aliphatic carbocycles. The summed E-state index contributed by atoms with van der Waals surface area (Å²) in [6, 6.07) is 0. The van der Waals surface area contributed by atoms with Gasteiger partial charge in [0.1, 0.15) is 0 Å². The van der Waals surface area contributed by atoms with Crippen LogP contribution in [0.25, 0.3) is 0 Å². The van der Waals surface area contributed by atoms with Gasteiger partial charge in [0, 0.05) is 19.6 Å². The van der Waals surface area contributed by atoms with Crippen LogP contribution in [0.4, 0.5) is 0 Å². The third kappa shape index (κ3) is 6.50. The van der Waals surface area contributed by atoms with Crippen LogP contribution >= 0.6 is 0 Å². The summed E-state index contributed by atoms with van der Waals surface area (Å²) in [5.74, 6) is 0.878. The topological polar surface area (TPSA) is 45.2 Å². The zero-order valence-corrected chi connectivity index (χ0v) is 14.4. The summed E-state index contributed by atoms with van der Waals surface area (Å²) in [6.07, 6.45) is 4.72. The first kappa shape index (κ1) is 18.1. The van der Waals surface area contributed by atoms with Crippen LogP contribution in [-0.4, -0.2) is 86.2 Å². The molecule has 0 spiro atoms. The molecule has 1 N–H and O–H groups in total. The first-order chi connectivity index (χ1) is 10.7. The third-order valence-electron chi connectivity index (χ3n) is 4.84. The molecule has 0 aromatic heterocycles. The van der Waals surface area contributed by atoms with E-state index in [9.17, 15) is 0 Å². The quantitative estimate of drug-likeness (QED) is 0.682. The molecule has 2 aliphatic rings. The molecule has 22 heavy (non-hydrogen) atoms. The maximum absolute atomic E-state index is 8.69. The minimum absolute atomic E-state index is 0.126. The van der Waals surface area contributed by atoms with Crippen molar-refractivity contribution >= 4 is 0 Å². The van der Waals surface area contributed by atoms with Gasteiger partial charge in [-0.15, -0.1) is 0 Å². The normalized spacial score (nSPS) is 29.0. The number of hydrogen-bond donors (Lipinski definition) is 1. The molecule has 130 valence electrons. The highest BCUT2D eigenvalue weighted by molar-refractivity contribution is 4.77. The Morgan fingerprint density at radius 3 is 2.32 bits per heavy atom. The number of piperidine rings is 1. The number of aliphatic hydroxyl groups is 1. The van der Waals surface area contributed by atoms with E-state index in [2.05, 4.69) is 23.6 Å². The van der Waals surface area contributed by atoms with Gasteiger partial charge in [-0.25, -0.2) is 0 Å². The molecule has 2 heterocycles. The van der Waals surface area contributed by atoms with Crippen LogP contribution in [-0.2, 0) is 9.47 Å². The lowest BCUT2D eigenvalue weighted by Gasteiger charge is -2.37. The van der Waals surface area contributed by atoms with Crippen molar-refractivity contribution in [2.75, 3.05) is 59.1 Å². The van der Waals surface area contributed by atoms with Gasteiger partial charge in [0.15, 0.2) is 0 Å². The number of morpholine rings is 1. The molecule has 2 saturated heterocycles. The van der Waals surface area contributed by atoms with Gasteiger partial charge in [0.2, 0.25) is 0 Å². The number of ether oxygens (including phenoxy) is 2. The Bertz CT molecular complexity index is 286. The second-order valence-corrected chi connectivity index (χ2v) is 6.93. The highest BCUT2D eigenvalue weighted by Crippen LogP contribution is 2.21. The van der Waals surface area contributed by atoms with E-state index in [4.69, 9.17) is 14.6 Å². The molecule has 2 fully saturated rings. The van der Waals surface area contributed by atoms with Crippen LogP contribution in [0.15, 0.2) is 0 Å². The fourth-order valence-electron chi connectivity index (χ4n) is 3.69. The van der Waals surface area contributed by atoms with E-state index in [-0.39, 0.29) is 6.61 Å². The summed E-state index contributed by atoms with van der Waals surface area (Å²) in [5.41, 5.74) is 0. The van der Waals surface area contributed by atoms with Gasteiger partial charge in [0.05, 0.1) is 32.0 Å². The molecular weight excluding hydrogens is 280 g/mol. The van der Waals surface area contributed by atoms with E-state index in [1.54, 1.807) is 0 Å². The molecule has 2 atom stereocenters. The second kappa shape index (κ2) is 9.83. The van der Waals surface area contributed by atoms with Gasteiger partial charge < -0.3 is 19.5 Å². The highest BCUT2D eigenvalue weighted by atomic mass is 16.5. The minimum atomic E-state index is 0.126. The van der Waals surface area contributed by atoms with Crippen LogP contribution in [0.2, 0.25) is 0 Å². The molecule has 0 aromatic carbocycles. The lowest BCUT2D eigenvalue weighted by atomic mass is 9.93. The molecule has 0 bridgehead atoms. The maximum atomic E-state index is 8.69. The van der Waals surface area contributed by atoms with Crippen molar-refractivity contribution in [3.8, 4) is 0 Å². The monoisotopic (exact) mass is 314 g/mol. The number of rotatable bonds is 8. The standard InChI is InChI=1S/C17H34N2O3/c1-15-13-19(14-16(2)22-15)8-5-17-3-6-18(7-4-17)9-11-21-12-10-20/h15-17,20H,3-14H2,1-2H3. The number of likely N-dealkylation sites (tertiary alicyclic amines) is 1. The summed E-state index contributed by atoms with van der Waals surface area (Å²) in [7, 11) is 0. The molecule has 0 amide bonds. The Hall–Kier alpha value is -0.200. The Kier molecular flexibility index (Phi) is 8.11. The van der Waals surface area contributed by atoms with Crippen LogP contribution in [0.5, 0.6) is 0 Å². The average molecular weight is 314 g/mol. The lowest BCUT2D eigenvalue weighted by Crippen LogP contribution is -2.46. The lowest BCUT2D eigenvalue weighted by molar-refractivity contribution is -0.0693. The van der Waals surface area contributed by atoms with Gasteiger partial charge in [-0.05, 0) is 58.7 Å². The zero-order valence-electron chi connectivity index (χ0n) is 14.4. The number of hydrogen-bond acceptors (Lipinski definition) is 5. The van der Waals surface area contributed by atoms with E-state index < -0.39 is 0 Å². The summed E-state index contributed by atoms with van der Waals surface area (Å²) in [4.78, 5) is 5.07. The largest absolute Gasteiger partial charge is 0.394 e. The van der Waals surface area contributed by atoms with E-state index >= 15 is 0 Å². The molecule has 0 saturated carbocycles. The predicted octanol–water partition coefficient (Wildman–Crippen LogP) is 1.21. The van der Waals surface area contributed by atoms with Crippen LogP contribution in [0.1, 0.15) is 33.1 Å². The van der Waals surface area contributed by atoms with Gasteiger partial charge in [-0.1, -0.05) is 0 Å². The summed E-state index contributed by atoms with van der Waals surface area (Å²) in [6.45, 7) is 12.5. The molecule has 5 nitrogen and oxygen atoms in total. The van der Waals surface area contributed by atoms with Crippen molar-refractivity contribution in [2.24, 2.45) is 5.92 Å². The van der Waals surface area contributed by atoms with Crippen molar-refractivity contribution in [3.63, 3.8) is 0 Å². The molecule has 0 aromatic rings. The van der Waals surface area contributed by atoms with Crippen molar-refractivity contribution < 1.29 is 14.6 Å². The van der Waals surface area contributed by atoms with Crippen LogP contribution < -0.4 is 0 Å². The van der Waals surface area contributed by atoms with E-state index in [0.29, 0.717) is 18.8 Å². The zero-order chi connectivity index (χ0) is 15.8. The fourth-order valence-corrected chi connectivity index (χ4v) is 3.69. The van der Waals surface area contributed by atoms with E-state index in [1.807, 2.05) is 0 Å². The van der Waals surface area contributed by atoms with Crippen LogP contribution in [0.3, 0.4) is 0 Å². The van der Waals surface area contributed by atoms with E-state index in [1.165, 1.54) is 38.9 Å². The SMILES string of the molecule is CC1CN(CCC2CCN(CCOCCO)CC2)CC(C)O1. The Labute approximate surface area is 135 Å². The molecule has 2 unspecified atom stereocenters. The molecular formula is C17H34N2O3. The van der Waals surface area contributed by atoms with Gasteiger partial charge >= 0.3 is 0 Å². The molecule has 2 rings (SSSR count). The van der Waals surface area contributed by atoms with Crippen molar-refractivity contribution in [2.45, 2.75) is 45.3 Å². The third-order valence-corrected chi connectivity index (χ3v) is 4.84. The van der Waals surface area contributed by atoms with Crippen molar-refractivity contribution in [1.29, 1.82) is 0 Å². The number of aliphatic hydroxyl groups excluding tert-OH is 1. The van der Waals surface area contributed by atoms with Crippen LogP contribution in [0, 0.1) is 5.92 Å². The van der Waals surface area contributed by atoms with Gasteiger partial charge in [-0.2, -0.15) is 0 Å². The summed E-state index contributed by atoms with van der Waals surface area (Å²) in [5, 5.41) is 8.69.